The number of aromatic nitrogens is 2. The van der Waals surface area contributed by atoms with Crippen molar-refractivity contribution in [2.45, 2.75) is 19.9 Å². The van der Waals surface area contributed by atoms with Gasteiger partial charge in [0.2, 0.25) is 5.91 Å². The summed E-state index contributed by atoms with van der Waals surface area (Å²) in [5, 5.41) is 2.62. The molecule has 16 heavy (non-hydrogen) atoms. The van der Waals surface area contributed by atoms with E-state index in [1.165, 1.54) is 0 Å². The summed E-state index contributed by atoms with van der Waals surface area (Å²) in [6, 6.07) is 0. The molecule has 0 radical (unpaired) electrons. The van der Waals surface area contributed by atoms with Crippen molar-refractivity contribution < 1.29 is 14.3 Å². The standard InChI is InChI=1S/C10H15N3O3/c1-2-16-10(15)7-9(14)12-4-6-13-5-3-11-8-13/h3,5,8H,2,4,6-7H2,1H3,(H,12,14). The summed E-state index contributed by atoms with van der Waals surface area (Å²) < 4.78 is 6.49. The molecule has 1 aromatic heterocycles. The molecule has 0 fully saturated rings. The topological polar surface area (TPSA) is 73.2 Å². The zero-order valence-electron chi connectivity index (χ0n) is 9.18. The molecule has 1 rings (SSSR count). The van der Waals surface area contributed by atoms with Gasteiger partial charge in [0.05, 0.1) is 12.9 Å². The molecule has 0 unspecified atom stereocenters. The fourth-order valence-corrected chi connectivity index (χ4v) is 1.15. The Morgan fingerprint density at radius 1 is 1.50 bits per heavy atom. The average molecular weight is 225 g/mol. The van der Waals surface area contributed by atoms with Gasteiger partial charge in [-0.15, -0.1) is 0 Å². The molecule has 0 aliphatic rings. The number of hydrogen-bond acceptors (Lipinski definition) is 4. The van der Waals surface area contributed by atoms with E-state index in [-0.39, 0.29) is 12.3 Å². The number of ether oxygens (including phenoxy) is 1. The second kappa shape index (κ2) is 6.60. The Labute approximate surface area is 93.6 Å². The number of hydrogen-bond donors (Lipinski definition) is 1. The van der Waals surface area contributed by atoms with Crippen molar-refractivity contribution in [2.75, 3.05) is 13.2 Å². The molecule has 0 aliphatic heterocycles. The van der Waals surface area contributed by atoms with Crippen LogP contribution in [-0.2, 0) is 20.9 Å². The van der Waals surface area contributed by atoms with E-state index >= 15 is 0 Å². The van der Waals surface area contributed by atoms with Gasteiger partial charge in [-0.2, -0.15) is 0 Å². The van der Waals surface area contributed by atoms with Gasteiger partial charge in [-0.25, -0.2) is 4.98 Å². The van der Waals surface area contributed by atoms with E-state index in [9.17, 15) is 9.59 Å². The lowest BCUT2D eigenvalue weighted by atomic mass is 10.4. The van der Waals surface area contributed by atoms with Gasteiger partial charge in [0.25, 0.3) is 0 Å². The Morgan fingerprint density at radius 3 is 2.94 bits per heavy atom. The summed E-state index contributed by atoms with van der Waals surface area (Å²) in [5.41, 5.74) is 0. The lowest BCUT2D eigenvalue weighted by Gasteiger charge is -2.05. The van der Waals surface area contributed by atoms with Gasteiger partial charge in [-0.3, -0.25) is 9.59 Å². The lowest BCUT2D eigenvalue weighted by Crippen LogP contribution is -2.29. The minimum atomic E-state index is -0.498. The van der Waals surface area contributed by atoms with Crippen molar-refractivity contribution in [1.29, 1.82) is 0 Å². The van der Waals surface area contributed by atoms with Crippen LogP contribution in [-0.4, -0.2) is 34.6 Å². The third kappa shape index (κ3) is 4.59. The first-order valence-corrected chi connectivity index (χ1v) is 5.10. The monoisotopic (exact) mass is 225 g/mol. The number of rotatable bonds is 6. The molecule has 0 atom stereocenters. The van der Waals surface area contributed by atoms with Crippen molar-refractivity contribution in [1.82, 2.24) is 14.9 Å². The molecule has 1 aromatic rings. The highest BCUT2D eigenvalue weighted by Gasteiger charge is 2.08. The third-order valence-corrected chi connectivity index (χ3v) is 1.86. The lowest BCUT2D eigenvalue weighted by molar-refractivity contribution is -0.145. The van der Waals surface area contributed by atoms with Crippen LogP contribution in [0.1, 0.15) is 13.3 Å². The van der Waals surface area contributed by atoms with Crippen molar-refractivity contribution in [3.8, 4) is 0 Å². The number of amides is 1. The molecule has 0 aromatic carbocycles. The predicted octanol–water partition coefficient (Wildman–Crippen LogP) is -0.0475. The number of imidazole rings is 1. The third-order valence-electron chi connectivity index (χ3n) is 1.86. The minimum absolute atomic E-state index is 0.224. The Morgan fingerprint density at radius 2 is 2.31 bits per heavy atom. The molecule has 0 spiro atoms. The van der Waals surface area contributed by atoms with Gasteiger partial charge in [-0.1, -0.05) is 0 Å². The highest BCUT2D eigenvalue weighted by molar-refractivity contribution is 5.94. The Balaban J connectivity index is 2.13. The summed E-state index contributed by atoms with van der Waals surface area (Å²) in [7, 11) is 0. The molecule has 0 saturated heterocycles. The van der Waals surface area contributed by atoms with Gasteiger partial charge in [0.15, 0.2) is 0 Å². The Bertz CT molecular complexity index is 335. The molecule has 0 saturated carbocycles. The SMILES string of the molecule is CCOC(=O)CC(=O)NCCn1ccnc1. The number of nitrogens with zero attached hydrogens (tertiary/aromatic N) is 2. The molecule has 6 nitrogen and oxygen atoms in total. The van der Waals surface area contributed by atoms with Crippen molar-refractivity contribution in [3.05, 3.63) is 18.7 Å². The van der Waals surface area contributed by atoms with Gasteiger partial charge in [0, 0.05) is 25.5 Å². The Kier molecular flexibility index (Phi) is 5.04. The summed E-state index contributed by atoms with van der Waals surface area (Å²) in [4.78, 5) is 26.0. The number of carbonyl (C=O) groups excluding carboxylic acids is 2. The maximum absolute atomic E-state index is 11.2. The molecule has 6 heteroatoms. The molecule has 1 N–H and O–H groups in total. The maximum atomic E-state index is 11.2. The Hall–Kier alpha value is -1.85. The molecule has 1 amide bonds. The van der Waals surface area contributed by atoms with Crippen molar-refractivity contribution in [3.63, 3.8) is 0 Å². The van der Waals surface area contributed by atoms with E-state index in [1.54, 1.807) is 25.6 Å². The zero-order chi connectivity index (χ0) is 11.8. The van der Waals surface area contributed by atoms with E-state index in [2.05, 4.69) is 15.0 Å². The fraction of sp³-hybridized carbons (Fsp3) is 0.500. The summed E-state index contributed by atoms with van der Waals surface area (Å²) in [6.45, 7) is 3.10. The highest BCUT2D eigenvalue weighted by Crippen LogP contribution is 1.87. The van der Waals surface area contributed by atoms with Crippen LogP contribution >= 0.6 is 0 Å². The van der Waals surface area contributed by atoms with Gasteiger partial charge in [-0.05, 0) is 6.92 Å². The van der Waals surface area contributed by atoms with Crippen LogP contribution in [0.4, 0.5) is 0 Å². The van der Waals surface area contributed by atoms with Crippen LogP contribution in [0.5, 0.6) is 0 Å². The molecular weight excluding hydrogens is 210 g/mol. The largest absolute Gasteiger partial charge is 0.466 e. The van der Waals surface area contributed by atoms with Crippen LogP contribution in [0.25, 0.3) is 0 Å². The zero-order valence-corrected chi connectivity index (χ0v) is 9.18. The fourth-order valence-electron chi connectivity index (χ4n) is 1.15. The van der Waals surface area contributed by atoms with Crippen molar-refractivity contribution >= 4 is 11.9 Å². The van der Waals surface area contributed by atoms with Crippen molar-refractivity contribution in [2.24, 2.45) is 0 Å². The van der Waals surface area contributed by atoms with Crippen LogP contribution < -0.4 is 5.32 Å². The van der Waals surface area contributed by atoms with Crippen LogP contribution in [0, 0.1) is 0 Å². The van der Waals surface area contributed by atoms with Crippen LogP contribution in [0.3, 0.4) is 0 Å². The van der Waals surface area contributed by atoms with Gasteiger partial charge < -0.3 is 14.6 Å². The summed E-state index contributed by atoms with van der Waals surface area (Å²) in [6.07, 6.45) is 4.91. The normalized spacial score (nSPS) is 9.81. The number of nitrogens with one attached hydrogen (secondary N) is 1. The molecule has 0 bridgehead atoms. The summed E-state index contributed by atoms with van der Waals surface area (Å²) in [5.74, 6) is -0.818. The van der Waals surface area contributed by atoms with Crippen LogP contribution in [0.15, 0.2) is 18.7 Å². The van der Waals surface area contributed by atoms with Crippen LogP contribution in [0.2, 0.25) is 0 Å². The molecular formula is C10H15N3O3. The minimum Gasteiger partial charge on any atom is -0.466 e. The van der Waals surface area contributed by atoms with Gasteiger partial charge in [0.1, 0.15) is 6.42 Å². The molecule has 1 heterocycles. The quantitative estimate of drug-likeness (QED) is 0.544. The van der Waals surface area contributed by atoms with E-state index in [0.717, 1.165) is 0 Å². The first-order valence-electron chi connectivity index (χ1n) is 5.10. The number of carbonyl (C=O) groups is 2. The van der Waals surface area contributed by atoms with E-state index < -0.39 is 5.97 Å². The number of esters is 1. The van der Waals surface area contributed by atoms with E-state index in [4.69, 9.17) is 0 Å². The first-order chi connectivity index (χ1) is 7.72. The predicted molar refractivity (Wildman–Crippen MR) is 56.5 cm³/mol. The second-order valence-corrected chi connectivity index (χ2v) is 3.13. The molecule has 88 valence electrons. The smallest absolute Gasteiger partial charge is 0.315 e. The molecule has 0 aliphatic carbocycles. The van der Waals surface area contributed by atoms with E-state index in [0.29, 0.717) is 19.7 Å². The summed E-state index contributed by atoms with van der Waals surface area (Å²) >= 11 is 0. The van der Waals surface area contributed by atoms with Gasteiger partial charge >= 0.3 is 5.97 Å². The highest BCUT2D eigenvalue weighted by atomic mass is 16.5. The maximum Gasteiger partial charge on any atom is 0.315 e. The average Bonchev–Trinajstić information content (AvgIpc) is 2.70. The second-order valence-electron chi connectivity index (χ2n) is 3.13. The first kappa shape index (κ1) is 12.2. The van der Waals surface area contributed by atoms with E-state index in [1.807, 2.05) is 4.57 Å².